The van der Waals surface area contributed by atoms with Gasteiger partial charge >= 0.3 is 0 Å². The van der Waals surface area contributed by atoms with E-state index in [9.17, 15) is 26.8 Å². The number of benzene rings is 3. The second kappa shape index (κ2) is 12.8. The molecule has 7 nitrogen and oxygen atoms in total. The summed E-state index contributed by atoms with van der Waals surface area (Å²) < 4.78 is 56.4. The number of amides is 2. The topological polar surface area (TPSA) is 86.8 Å². The molecule has 1 N–H and O–H groups in total. The van der Waals surface area contributed by atoms with Crippen molar-refractivity contribution >= 4 is 27.5 Å². The molecule has 0 aromatic heterocycles. The highest BCUT2D eigenvalue weighted by Gasteiger charge is 2.33. The summed E-state index contributed by atoms with van der Waals surface area (Å²) in [5.41, 5.74) is 1.26. The van der Waals surface area contributed by atoms with E-state index >= 15 is 0 Å². The number of anilines is 1. The molecule has 0 bridgehead atoms. The third kappa shape index (κ3) is 7.63. The normalized spacial score (nSPS) is 12.2. The molecular weight excluding hydrogens is 524 g/mol. The number of hydrogen-bond acceptors (Lipinski definition) is 4. The lowest BCUT2D eigenvalue weighted by molar-refractivity contribution is -0.139. The number of aryl methyl sites for hydroxylation is 1. The summed E-state index contributed by atoms with van der Waals surface area (Å²) in [6, 6.07) is 15.7. The Labute approximate surface area is 228 Å². The summed E-state index contributed by atoms with van der Waals surface area (Å²) in [4.78, 5) is 27.7. The molecule has 208 valence electrons. The fourth-order valence-corrected chi connectivity index (χ4v) is 5.23. The van der Waals surface area contributed by atoms with Gasteiger partial charge < -0.3 is 10.2 Å². The lowest BCUT2D eigenvalue weighted by Crippen LogP contribution is -2.51. The molecule has 3 rings (SSSR count). The second-order valence-electron chi connectivity index (χ2n) is 9.73. The molecule has 0 aliphatic heterocycles. The molecule has 2 amide bonds. The van der Waals surface area contributed by atoms with Crippen molar-refractivity contribution in [2.75, 3.05) is 17.4 Å². The molecular formula is C29H33F2N3O4S. The van der Waals surface area contributed by atoms with Crippen LogP contribution in [0.25, 0.3) is 0 Å². The van der Waals surface area contributed by atoms with Crippen LogP contribution in [-0.2, 0) is 26.2 Å². The molecule has 3 aromatic carbocycles. The maximum Gasteiger partial charge on any atom is 0.264 e. The van der Waals surface area contributed by atoms with Crippen LogP contribution in [0.5, 0.6) is 0 Å². The van der Waals surface area contributed by atoms with Gasteiger partial charge in [0.1, 0.15) is 24.2 Å². The Morgan fingerprint density at radius 2 is 1.51 bits per heavy atom. The highest BCUT2D eigenvalue weighted by Crippen LogP contribution is 2.25. The summed E-state index contributed by atoms with van der Waals surface area (Å²) >= 11 is 0. The van der Waals surface area contributed by atoms with E-state index in [1.807, 2.05) is 20.8 Å². The van der Waals surface area contributed by atoms with Gasteiger partial charge in [-0.05, 0) is 62.2 Å². The Kier molecular flexibility index (Phi) is 9.80. The van der Waals surface area contributed by atoms with Crippen LogP contribution in [0.1, 0.15) is 31.9 Å². The number of nitrogens with zero attached hydrogens (tertiary/aromatic N) is 2. The summed E-state index contributed by atoms with van der Waals surface area (Å²) in [5, 5.41) is 2.78. The van der Waals surface area contributed by atoms with Crippen molar-refractivity contribution in [3.05, 3.63) is 95.6 Å². The van der Waals surface area contributed by atoms with Gasteiger partial charge in [-0.1, -0.05) is 49.7 Å². The zero-order valence-electron chi connectivity index (χ0n) is 22.4. The molecule has 3 aromatic rings. The number of nitrogens with one attached hydrogen (secondary N) is 1. The van der Waals surface area contributed by atoms with Gasteiger partial charge in [0.15, 0.2) is 0 Å². The minimum atomic E-state index is -4.32. The molecule has 0 saturated carbocycles. The Bertz CT molecular complexity index is 1390. The molecule has 0 spiro atoms. The van der Waals surface area contributed by atoms with Gasteiger partial charge in [-0.2, -0.15) is 0 Å². The van der Waals surface area contributed by atoms with Gasteiger partial charge in [-0.25, -0.2) is 17.2 Å². The Morgan fingerprint density at radius 1 is 0.897 bits per heavy atom. The Balaban J connectivity index is 2.01. The Hall–Kier alpha value is -3.79. The van der Waals surface area contributed by atoms with E-state index < -0.39 is 46.1 Å². The van der Waals surface area contributed by atoms with Crippen molar-refractivity contribution in [2.45, 2.75) is 45.2 Å². The van der Waals surface area contributed by atoms with Crippen molar-refractivity contribution in [2.24, 2.45) is 5.92 Å². The maximum atomic E-state index is 14.6. The summed E-state index contributed by atoms with van der Waals surface area (Å²) in [6.45, 7) is 6.65. The van der Waals surface area contributed by atoms with Crippen LogP contribution in [0.3, 0.4) is 0 Å². The minimum absolute atomic E-state index is 0.162. The van der Waals surface area contributed by atoms with Crippen LogP contribution in [0.4, 0.5) is 14.5 Å². The standard InChI is InChI=1S/C29H33F2N3O4S/c1-20(2)17-32-29(36)22(4)33(18-23-7-5-6-8-27(23)31)28(35)19-34(25-13-9-21(3)10-14-25)39(37,38)26-15-11-24(30)12-16-26/h5-16,20,22H,17-19H2,1-4H3,(H,32,36)/t22-/m0/s1. The van der Waals surface area contributed by atoms with E-state index in [1.54, 1.807) is 30.3 Å². The lowest BCUT2D eigenvalue weighted by Gasteiger charge is -2.32. The van der Waals surface area contributed by atoms with E-state index in [4.69, 9.17) is 0 Å². The summed E-state index contributed by atoms with van der Waals surface area (Å²) in [6.07, 6.45) is 0. The van der Waals surface area contributed by atoms with Crippen LogP contribution < -0.4 is 9.62 Å². The molecule has 39 heavy (non-hydrogen) atoms. The zero-order valence-corrected chi connectivity index (χ0v) is 23.2. The van der Waals surface area contributed by atoms with Crippen molar-refractivity contribution < 1.29 is 26.8 Å². The number of sulfonamides is 1. The van der Waals surface area contributed by atoms with Crippen LogP contribution in [0, 0.1) is 24.5 Å². The summed E-state index contributed by atoms with van der Waals surface area (Å²) in [5.74, 6) is -2.16. The molecule has 0 unspecified atom stereocenters. The SMILES string of the molecule is Cc1ccc(N(CC(=O)N(Cc2ccccc2F)[C@@H](C)C(=O)NCC(C)C)S(=O)(=O)c2ccc(F)cc2)cc1. The number of rotatable bonds is 11. The monoisotopic (exact) mass is 557 g/mol. The van der Waals surface area contributed by atoms with E-state index in [1.165, 1.54) is 25.1 Å². The highest BCUT2D eigenvalue weighted by molar-refractivity contribution is 7.92. The number of halogens is 2. The second-order valence-corrected chi connectivity index (χ2v) is 11.6. The number of carbonyl (C=O) groups is 2. The van der Waals surface area contributed by atoms with E-state index in [0.29, 0.717) is 6.54 Å². The average Bonchev–Trinajstić information content (AvgIpc) is 2.90. The third-order valence-electron chi connectivity index (χ3n) is 6.15. The highest BCUT2D eigenvalue weighted by atomic mass is 32.2. The minimum Gasteiger partial charge on any atom is -0.354 e. The average molecular weight is 558 g/mol. The maximum absolute atomic E-state index is 14.6. The van der Waals surface area contributed by atoms with Crippen LogP contribution >= 0.6 is 0 Å². The van der Waals surface area contributed by atoms with Crippen LogP contribution in [0.15, 0.2) is 77.7 Å². The van der Waals surface area contributed by atoms with E-state index in [2.05, 4.69) is 5.32 Å². The molecule has 0 radical (unpaired) electrons. The van der Waals surface area contributed by atoms with Gasteiger partial charge in [0.05, 0.1) is 10.6 Å². The van der Waals surface area contributed by atoms with Gasteiger partial charge in [-0.15, -0.1) is 0 Å². The summed E-state index contributed by atoms with van der Waals surface area (Å²) in [7, 11) is -4.32. The molecule has 0 heterocycles. The van der Waals surface area contributed by atoms with Gasteiger partial charge in [-0.3, -0.25) is 13.9 Å². The molecule has 0 aliphatic rings. The largest absolute Gasteiger partial charge is 0.354 e. The van der Waals surface area contributed by atoms with Gasteiger partial charge in [0.25, 0.3) is 10.0 Å². The first-order valence-electron chi connectivity index (χ1n) is 12.6. The zero-order chi connectivity index (χ0) is 28.7. The fraction of sp³-hybridized carbons (Fsp3) is 0.310. The number of carbonyl (C=O) groups excluding carboxylic acids is 2. The lowest BCUT2D eigenvalue weighted by atomic mass is 10.1. The predicted molar refractivity (Wildman–Crippen MR) is 146 cm³/mol. The van der Waals surface area contributed by atoms with Gasteiger partial charge in [0.2, 0.25) is 11.8 Å². The van der Waals surface area contributed by atoms with E-state index in [0.717, 1.165) is 39.0 Å². The van der Waals surface area contributed by atoms with Crippen LogP contribution in [-0.4, -0.2) is 44.3 Å². The quantitative estimate of drug-likeness (QED) is 0.372. The molecule has 0 fully saturated rings. The molecule has 1 atom stereocenters. The fourth-order valence-electron chi connectivity index (χ4n) is 3.82. The molecule has 0 aliphatic carbocycles. The van der Waals surface area contributed by atoms with Crippen molar-refractivity contribution in [1.29, 1.82) is 0 Å². The Morgan fingerprint density at radius 3 is 2.10 bits per heavy atom. The van der Waals surface area contributed by atoms with Gasteiger partial charge in [0, 0.05) is 18.7 Å². The smallest absolute Gasteiger partial charge is 0.264 e. The number of hydrogen-bond donors (Lipinski definition) is 1. The van der Waals surface area contributed by atoms with E-state index in [-0.39, 0.29) is 28.6 Å². The van der Waals surface area contributed by atoms with Crippen LogP contribution in [0.2, 0.25) is 0 Å². The third-order valence-corrected chi connectivity index (χ3v) is 7.94. The van der Waals surface area contributed by atoms with Crippen molar-refractivity contribution in [3.8, 4) is 0 Å². The predicted octanol–water partition coefficient (Wildman–Crippen LogP) is 4.66. The van der Waals surface area contributed by atoms with Crippen molar-refractivity contribution in [3.63, 3.8) is 0 Å². The first-order chi connectivity index (χ1) is 18.4. The first kappa shape index (κ1) is 29.8. The molecule has 10 heteroatoms. The molecule has 0 saturated heterocycles. The van der Waals surface area contributed by atoms with Crippen molar-refractivity contribution in [1.82, 2.24) is 10.2 Å². The first-order valence-corrected chi connectivity index (χ1v) is 14.0.